The van der Waals surface area contributed by atoms with Crippen LogP contribution in [0.25, 0.3) is 0 Å². The van der Waals surface area contributed by atoms with Gasteiger partial charge in [-0.15, -0.1) is 0 Å². The molecule has 2 aliphatic rings. The lowest BCUT2D eigenvalue weighted by molar-refractivity contribution is -0.124. The fourth-order valence-electron chi connectivity index (χ4n) is 3.73. The number of carboxylic acid groups (broad SMARTS) is 1. The summed E-state index contributed by atoms with van der Waals surface area (Å²) in [7, 11) is 0. The smallest absolute Gasteiger partial charge is 0.404 e. The first kappa shape index (κ1) is 22.2. The highest BCUT2D eigenvalue weighted by Gasteiger charge is 2.46. The van der Waals surface area contributed by atoms with Crippen LogP contribution < -0.4 is 21.1 Å². The molecule has 9 nitrogen and oxygen atoms in total. The number of amides is 2. The molecule has 0 aromatic carbocycles. The molecule has 1 aromatic heterocycles. The van der Waals surface area contributed by atoms with Crippen LogP contribution in [-0.2, 0) is 4.79 Å². The second-order valence-corrected chi connectivity index (χ2v) is 7.91. The molecule has 13 heteroatoms. The van der Waals surface area contributed by atoms with Crippen molar-refractivity contribution in [2.45, 2.75) is 38.0 Å². The Morgan fingerprint density at radius 1 is 1.27 bits per heavy atom. The monoisotopic (exact) mass is 450 g/mol. The number of alkyl halides is 2. The maximum absolute atomic E-state index is 14.6. The first-order valence-corrected chi connectivity index (χ1v) is 9.91. The van der Waals surface area contributed by atoms with Gasteiger partial charge in [0, 0.05) is 6.54 Å². The van der Waals surface area contributed by atoms with E-state index in [-0.39, 0.29) is 11.8 Å². The third-order valence-electron chi connectivity index (χ3n) is 5.22. The van der Waals surface area contributed by atoms with E-state index >= 15 is 0 Å². The van der Waals surface area contributed by atoms with Crippen molar-refractivity contribution >= 4 is 35.2 Å². The molecule has 1 saturated heterocycles. The molecule has 1 atom stereocenters. The maximum Gasteiger partial charge on any atom is 0.404 e. The molecule has 1 aromatic rings. The maximum atomic E-state index is 14.6. The Balaban J connectivity index is 1.65. The molecule has 166 valence electrons. The molecule has 0 radical (unpaired) electrons. The fraction of sp³-hybridized carbons (Fsp3) is 0.647. The SMILES string of the molecule is O=C(O)NC[C@@H](CC1CCCC1)C(=O)NNc1nc(Cl)nc(N2CC(F)(F)C2)c1F. The second-order valence-electron chi connectivity index (χ2n) is 7.57. The van der Waals surface area contributed by atoms with E-state index in [9.17, 15) is 22.8 Å². The Labute approximate surface area is 175 Å². The topological polar surface area (TPSA) is 119 Å². The molecular weight excluding hydrogens is 429 g/mol. The van der Waals surface area contributed by atoms with Crippen molar-refractivity contribution in [1.82, 2.24) is 20.7 Å². The number of hydrogen-bond acceptors (Lipinski definition) is 6. The van der Waals surface area contributed by atoms with Crippen LogP contribution in [0.4, 0.5) is 29.6 Å². The lowest BCUT2D eigenvalue weighted by atomic mass is 9.92. The Morgan fingerprint density at radius 2 is 1.93 bits per heavy atom. The van der Waals surface area contributed by atoms with Gasteiger partial charge in [0.05, 0.1) is 19.0 Å². The summed E-state index contributed by atoms with van der Waals surface area (Å²) in [5, 5.41) is 10.6. The lowest BCUT2D eigenvalue weighted by Crippen LogP contribution is -2.57. The van der Waals surface area contributed by atoms with Gasteiger partial charge < -0.3 is 15.3 Å². The molecule has 0 spiro atoms. The average Bonchev–Trinajstić information content (AvgIpc) is 3.16. The predicted octanol–water partition coefficient (Wildman–Crippen LogP) is 2.63. The van der Waals surface area contributed by atoms with Gasteiger partial charge in [0.2, 0.25) is 17.0 Å². The summed E-state index contributed by atoms with van der Waals surface area (Å²) < 4.78 is 40.8. The van der Waals surface area contributed by atoms with E-state index in [4.69, 9.17) is 16.7 Å². The van der Waals surface area contributed by atoms with Crippen molar-refractivity contribution < 1.29 is 27.9 Å². The van der Waals surface area contributed by atoms with Crippen molar-refractivity contribution in [3.8, 4) is 0 Å². The Hall–Kier alpha value is -2.50. The van der Waals surface area contributed by atoms with Crippen LogP contribution >= 0.6 is 11.6 Å². The van der Waals surface area contributed by atoms with Crippen LogP contribution in [0.5, 0.6) is 0 Å². The number of halogens is 4. The zero-order chi connectivity index (χ0) is 21.9. The van der Waals surface area contributed by atoms with E-state index in [1.807, 2.05) is 0 Å². The van der Waals surface area contributed by atoms with E-state index in [0.29, 0.717) is 12.3 Å². The van der Waals surface area contributed by atoms with Crippen molar-refractivity contribution in [2.24, 2.45) is 11.8 Å². The molecule has 4 N–H and O–H groups in total. The summed E-state index contributed by atoms with van der Waals surface area (Å²) in [5.41, 5.74) is 4.62. The number of aromatic nitrogens is 2. The van der Waals surface area contributed by atoms with Crippen LogP contribution in [0.2, 0.25) is 5.28 Å². The number of hydrazine groups is 1. The van der Waals surface area contributed by atoms with Crippen LogP contribution in [0.1, 0.15) is 32.1 Å². The molecule has 1 saturated carbocycles. The average molecular weight is 451 g/mol. The normalized spacial score (nSPS) is 19.1. The number of hydrogen-bond donors (Lipinski definition) is 4. The highest BCUT2D eigenvalue weighted by Crippen LogP contribution is 2.34. The zero-order valence-electron chi connectivity index (χ0n) is 15.9. The molecule has 0 unspecified atom stereocenters. The third-order valence-corrected chi connectivity index (χ3v) is 5.39. The minimum absolute atomic E-state index is 0.0968. The molecule has 2 fully saturated rings. The minimum Gasteiger partial charge on any atom is -0.465 e. The quantitative estimate of drug-likeness (QED) is 0.355. The predicted molar refractivity (Wildman–Crippen MR) is 102 cm³/mol. The van der Waals surface area contributed by atoms with Crippen molar-refractivity contribution in [2.75, 3.05) is 30.0 Å². The molecular formula is C17H22ClF3N6O3. The number of nitrogens with zero attached hydrogens (tertiary/aromatic N) is 3. The fourth-order valence-corrected chi connectivity index (χ4v) is 3.89. The summed E-state index contributed by atoms with van der Waals surface area (Å²) in [6, 6.07) is 0. The lowest BCUT2D eigenvalue weighted by Gasteiger charge is -2.39. The standard InChI is InChI=1S/C17H22ClF3N6O3/c18-15-23-12(11(19)13(24-15)27-7-17(20,21)8-27)25-26-14(28)10(6-22-16(29)30)5-9-3-1-2-4-9/h9-10,22H,1-8H2,(H,26,28)(H,29,30)(H,23,24,25)/t10-/m1/s1. The van der Waals surface area contributed by atoms with E-state index < -0.39 is 54.4 Å². The van der Waals surface area contributed by atoms with E-state index in [1.54, 1.807) is 0 Å². The van der Waals surface area contributed by atoms with Gasteiger partial charge in [-0.3, -0.25) is 15.6 Å². The number of carbonyl (C=O) groups excluding carboxylic acids is 1. The number of nitrogens with one attached hydrogen (secondary N) is 3. The first-order valence-electron chi connectivity index (χ1n) is 9.53. The summed E-state index contributed by atoms with van der Waals surface area (Å²) in [4.78, 5) is 31.7. The molecule has 2 heterocycles. The Morgan fingerprint density at radius 3 is 2.53 bits per heavy atom. The van der Waals surface area contributed by atoms with Gasteiger partial charge in [0.25, 0.3) is 5.92 Å². The highest BCUT2D eigenvalue weighted by atomic mass is 35.5. The number of carbonyl (C=O) groups is 2. The molecule has 30 heavy (non-hydrogen) atoms. The largest absolute Gasteiger partial charge is 0.465 e. The zero-order valence-corrected chi connectivity index (χ0v) is 16.7. The molecule has 3 rings (SSSR count). The molecule has 0 bridgehead atoms. The second kappa shape index (κ2) is 9.11. The highest BCUT2D eigenvalue weighted by molar-refractivity contribution is 6.28. The van der Waals surface area contributed by atoms with Crippen LogP contribution in [0.3, 0.4) is 0 Å². The van der Waals surface area contributed by atoms with E-state index in [2.05, 4.69) is 26.1 Å². The molecule has 1 aliphatic carbocycles. The minimum atomic E-state index is -2.93. The van der Waals surface area contributed by atoms with Gasteiger partial charge in [-0.05, 0) is 23.9 Å². The first-order chi connectivity index (χ1) is 14.1. The van der Waals surface area contributed by atoms with Crippen LogP contribution in [-0.4, -0.2) is 52.6 Å². The van der Waals surface area contributed by atoms with Crippen molar-refractivity contribution in [3.05, 3.63) is 11.1 Å². The van der Waals surface area contributed by atoms with Crippen LogP contribution in [0, 0.1) is 17.7 Å². The summed E-state index contributed by atoms with van der Waals surface area (Å²) in [6.45, 7) is -1.50. The van der Waals surface area contributed by atoms with Crippen molar-refractivity contribution in [3.63, 3.8) is 0 Å². The van der Waals surface area contributed by atoms with Crippen LogP contribution in [0.15, 0.2) is 0 Å². The van der Waals surface area contributed by atoms with E-state index in [0.717, 1.165) is 30.6 Å². The molecule has 2 amide bonds. The van der Waals surface area contributed by atoms with Crippen molar-refractivity contribution in [1.29, 1.82) is 0 Å². The van der Waals surface area contributed by atoms with Gasteiger partial charge in [-0.25, -0.2) is 13.6 Å². The van der Waals surface area contributed by atoms with Gasteiger partial charge >= 0.3 is 6.09 Å². The number of rotatable bonds is 8. The van der Waals surface area contributed by atoms with Gasteiger partial charge in [0.15, 0.2) is 11.6 Å². The Bertz CT molecular complexity index is 801. The van der Waals surface area contributed by atoms with Gasteiger partial charge in [0.1, 0.15) is 0 Å². The summed E-state index contributed by atoms with van der Waals surface area (Å²) >= 11 is 5.76. The van der Waals surface area contributed by atoms with E-state index in [1.165, 1.54) is 0 Å². The summed E-state index contributed by atoms with van der Waals surface area (Å²) in [6.07, 6.45) is 3.28. The van der Waals surface area contributed by atoms with Gasteiger partial charge in [-0.2, -0.15) is 14.4 Å². The van der Waals surface area contributed by atoms with Gasteiger partial charge in [-0.1, -0.05) is 25.7 Å². The third kappa shape index (κ3) is 5.55. The molecule has 1 aliphatic heterocycles. The Kier molecular flexibility index (Phi) is 6.74. The number of anilines is 2. The summed E-state index contributed by atoms with van der Waals surface area (Å²) in [5.74, 6) is -5.76.